The fourth-order valence-corrected chi connectivity index (χ4v) is 8.41. The van der Waals surface area contributed by atoms with Gasteiger partial charge in [-0.15, -0.1) is 0 Å². The van der Waals surface area contributed by atoms with E-state index in [-0.39, 0.29) is 35.6 Å². The van der Waals surface area contributed by atoms with E-state index in [0.717, 1.165) is 96.3 Å². The summed E-state index contributed by atoms with van der Waals surface area (Å²) in [5, 5.41) is 0. The van der Waals surface area contributed by atoms with Crippen molar-refractivity contribution in [3.05, 3.63) is 0 Å². The Kier molecular flexibility index (Phi) is 43.2. The SMILES string of the molecule is CCCCC(CC)COP(=O)([O-])CCCC.CCCCC(CC)COP(=O)([O-])CCCC.CCCCC(CC)COP(=O)([O-])CCCC.[Fe+3]. The van der Waals surface area contributed by atoms with E-state index in [4.69, 9.17) is 13.6 Å². The van der Waals surface area contributed by atoms with Gasteiger partial charge in [0, 0.05) is 18.5 Å². The Labute approximate surface area is 314 Å². The first-order chi connectivity index (χ1) is 22.7. The van der Waals surface area contributed by atoms with Gasteiger partial charge in [-0.05, 0) is 56.3 Å². The number of unbranched alkanes of at least 4 members (excludes halogenated alkanes) is 6. The maximum absolute atomic E-state index is 11.5. The molecule has 0 aliphatic rings. The van der Waals surface area contributed by atoms with Crippen molar-refractivity contribution in [2.45, 2.75) is 178 Å². The normalized spacial score (nSPS) is 16.7. The Hall–Kier alpha value is 0.969. The van der Waals surface area contributed by atoms with Crippen molar-refractivity contribution in [1.29, 1.82) is 0 Å². The molecule has 6 atom stereocenters. The monoisotopic (exact) mass is 803 g/mol. The molecular formula is C36H78FeO9P3. The molecule has 299 valence electrons. The quantitative estimate of drug-likeness (QED) is 0.0511. The molecule has 0 bridgehead atoms. The molecule has 13 heteroatoms. The van der Waals surface area contributed by atoms with Crippen LogP contribution in [0.4, 0.5) is 0 Å². The van der Waals surface area contributed by atoms with Crippen molar-refractivity contribution < 1.29 is 59.0 Å². The van der Waals surface area contributed by atoms with Crippen molar-refractivity contribution in [2.75, 3.05) is 38.3 Å². The predicted octanol–water partition coefficient (Wildman–Crippen LogP) is 10.7. The van der Waals surface area contributed by atoms with Crippen LogP contribution in [0, 0.1) is 17.8 Å². The van der Waals surface area contributed by atoms with Crippen LogP contribution >= 0.6 is 22.8 Å². The third kappa shape index (κ3) is 40.0. The van der Waals surface area contributed by atoms with Gasteiger partial charge in [-0.2, -0.15) is 0 Å². The molecule has 0 heterocycles. The molecule has 0 rings (SSSR count). The summed E-state index contributed by atoms with van der Waals surface area (Å²) in [6.45, 7) is 19.8. The standard InChI is InChI=1S/3C12H27O3P.Fe/c3*1-4-7-9-12(6-3)11-15-16(13,14)10-8-5-2;/h3*12H,4-11H2,1-3H3,(H,13,14);/q;;;+3/p-3. The second-order valence-corrected chi connectivity index (χ2v) is 19.0. The third-order valence-corrected chi connectivity index (χ3v) is 12.7. The first kappa shape index (κ1) is 56.7. The molecule has 0 spiro atoms. The predicted molar refractivity (Wildman–Crippen MR) is 200 cm³/mol. The summed E-state index contributed by atoms with van der Waals surface area (Å²) in [7, 11) is -10.7. The topological polar surface area (TPSA) is 148 Å². The molecular weight excluding hydrogens is 725 g/mol. The number of hydrogen-bond donors (Lipinski definition) is 0. The molecule has 0 amide bonds. The molecule has 9 nitrogen and oxygen atoms in total. The average Bonchev–Trinajstić information content (AvgIpc) is 3.06. The summed E-state index contributed by atoms with van der Waals surface area (Å²) in [6, 6.07) is 0. The van der Waals surface area contributed by atoms with Gasteiger partial charge in [0.1, 0.15) is 22.8 Å². The van der Waals surface area contributed by atoms with E-state index in [1.165, 1.54) is 0 Å². The van der Waals surface area contributed by atoms with Crippen LogP contribution in [-0.2, 0) is 44.3 Å². The van der Waals surface area contributed by atoms with E-state index < -0.39 is 22.8 Å². The van der Waals surface area contributed by atoms with Crippen molar-refractivity contribution >= 4 is 22.8 Å². The van der Waals surface area contributed by atoms with Gasteiger partial charge in [0.25, 0.3) is 0 Å². The van der Waals surface area contributed by atoms with E-state index in [1.54, 1.807) is 0 Å². The fraction of sp³-hybridized carbons (Fsp3) is 1.00. The zero-order chi connectivity index (χ0) is 37.3. The Bertz CT molecular complexity index is 731. The van der Waals surface area contributed by atoms with Crippen molar-refractivity contribution in [1.82, 2.24) is 0 Å². The van der Waals surface area contributed by atoms with Crippen molar-refractivity contribution in [3.8, 4) is 0 Å². The number of hydrogen-bond acceptors (Lipinski definition) is 9. The second-order valence-electron chi connectivity index (χ2n) is 13.2. The summed E-state index contributed by atoms with van der Waals surface area (Å²) < 4.78 is 49.7. The summed E-state index contributed by atoms with van der Waals surface area (Å²) in [5.74, 6) is 1.18. The van der Waals surface area contributed by atoms with Gasteiger partial charge in [-0.1, -0.05) is 139 Å². The molecule has 0 aromatic rings. The van der Waals surface area contributed by atoms with Crippen LogP contribution in [-0.4, -0.2) is 38.3 Å². The maximum Gasteiger partial charge on any atom is 3.00 e. The van der Waals surface area contributed by atoms with Gasteiger partial charge >= 0.3 is 17.1 Å². The van der Waals surface area contributed by atoms with Crippen LogP contribution in [0.15, 0.2) is 0 Å². The van der Waals surface area contributed by atoms with Gasteiger partial charge in [0.2, 0.25) is 0 Å². The minimum atomic E-state index is -3.56. The average molecular weight is 804 g/mol. The second kappa shape index (κ2) is 37.3. The fourth-order valence-electron chi connectivity index (χ4n) is 4.60. The molecule has 0 aliphatic heterocycles. The Morgan fingerprint density at radius 3 is 0.776 bits per heavy atom. The van der Waals surface area contributed by atoms with Crippen LogP contribution in [0.2, 0.25) is 0 Å². The molecule has 6 unspecified atom stereocenters. The van der Waals surface area contributed by atoms with Crippen LogP contribution in [0.5, 0.6) is 0 Å². The van der Waals surface area contributed by atoms with Crippen LogP contribution in [0.1, 0.15) is 178 Å². The van der Waals surface area contributed by atoms with E-state index in [9.17, 15) is 28.4 Å². The number of rotatable bonds is 30. The summed E-state index contributed by atoms with van der Waals surface area (Å²) in [6.07, 6.45) is 18.5. The summed E-state index contributed by atoms with van der Waals surface area (Å²) in [4.78, 5) is 34.5. The van der Waals surface area contributed by atoms with Crippen LogP contribution < -0.4 is 14.7 Å². The van der Waals surface area contributed by atoms with Gasteiger partial charge in [-0.25, -0.2) is 0 Å². The van der Waals surface area contributed by atoms with Gasteiger partial charge < -0.3 is 41.9 Å². The van der Waals surface area contributed by atoms with E-state index in [2.05, 4.69) is 41.5 Å². The Morgan fingerprint density at radius 2 is 0.612 bits per heavy atom. The summed E-state index contributed by atoms with van der Waals surface area (Å²) >= 11 is 0. The van der Waals surface area contributed by atoms with Gasteiger partial charge in [0.15, 0.2) is 0 Å². The zero-order valence-electron chi connectivity index (χ0n) is 33.1. The third-order valence-electron chi connectivity index (χ3n) is 8.51. The van der Waals surface area contributed by atoms with Crippen LogP contribution in [0.3, 0.4) is 0 Å². The maximum atomic E-state index is 11.5. The van der Waals surface area contributed by atoms with Gasteiger partial charge in [0.05, 0.1) is 19.8 Å². The first-order valence-electron chi connectivity index (χ1n) is 19.5. The van der Waals surface area contributed by atoms with E-state index >= 15 is 0 Å². The molecule has 1 radical (unpaired) electrons. The largest absolute Gasteiger partial charge is 3.00 e. The van der Waals surface area contributed by atoms with Gasteiger partial charge in [-0.3, -0.25) is 0 Å². The van der Waals surface area contributed by atoms with E-state index in [0.29, 0.717) is 56.8 Å². The molecule has 0 N–H and O–H groups in total. The van der Waals surface area contributed by atoms with Crippen LogP contribution in [0.25, 0.3) is 0 Å². The van der Waals surface area contributed by atoms with Crippen molar-refractivity contribution in [2.24, 2.45) is 17.8 Å². The minimum Gasteiger partial charge on any atom is -0.778 e. The molecule has 0 aliphatic carbocycles. The molecule has 0 aromatic carbocycles. The molecule has 0 saturated carbocycles. The van der Waals surface area contributed by atoms with Crippen molar-refractivity contribution in [3.63, 3.8) is 0 Å². The molecule has 0 aromatic heterocycles. The zero-order valence-corrected chi connectivity index (χ0v) is 36.9. The molecule has 49 heavy (non-hydrogen) atoms. The minimum absolute atomic E-state index is 0. The first-order valence-corrected chi connectivity index (χ1v) is 24.7. The molecule has 0 fully saturated rings. The Morgan fingerprint density at radius 1 is 0.408 bits per heavy atom. The Balaban J connectivity index is -0.000000307. The smallest absolute Gasteiger partial charge is 0.778 e. The van der Waals surface area contributed by atoms with E-state index in [1.807, 2.05) is 20.8 Å². The molecule has 0 saturated heterocycles. The summed E-state index contributed by atoms with van der Waals surface area (Å²) in [5.41, 5.74) is 0.